The highest BCUT2D eigenvalue weighted by atomic mass is 19.4. The lowest BCUT2D eigenvalue weighted by atomic mass is 9.93. The number of nitrogens with one attached hydrogen (secondary N) is 3. The highest BCUT2D eigenvalue weighted by molar-refractivity contribution is 6.11. The molecule has 1 aliphatic rings. The standard InChI is InChI=1S/C41H36F3N9O4/c42-41(43,44)37(55)32-19-26(21-33-31(32)14-16-46-33)30-12-8-25(40(56)47-17-15-36(45)54)18-27(30)22-57-29-10-6-23(7-11-29)39-48-34-20-24(38-49-51-52-50-38)9-13-35(34)53(39)28-4-2-1-3-5-28/h6-14,16,18-21,28,46H,1-5,15,17,22H2,(H2,45,54)(H,47,56)(H,49,50,51,52). The van der Waals surface area contributed by atoms with Crippen LogP contribution in [0.15, 0.2) is 85.1 Å². The second-order valence-electron chi connectivity index (χ2n) is 14.0. The maximum absolute atomic E-state index is 13.7. The van der Waals surface area contributed by atoms with Gasteiger partial charge in [-0.1, -0.05) is 25.3 Å². The van der Waals surface area contributed by atoms with Gasteiger partial charge in [0.1, 0.15) is 18.2 Å². The molecule has 0 radical (unpaired) electrons. The molecule has 16 heteroatoms. The van der Waals surface area contributed by atoms with Gasteiger partial charge in [-0.25, -0.2) is 4.98 Å². The second-order valence-corrected chi connectivity index (χ2v) is 14.0. The van der Waals surface area contributed by atoms with Crippen molar-refractivity contribution in [3.05, 3.63) is 102 Å². The molecule has 0 atom stereocenters. The van der Waals surface area contributed by atoms with E-state index in [9.17, 15) is 27.6 Å². The van der Waals surface area contributed by atoms with Crippen LogP contribution in [0.4, 0.5) is 13.2 Å². The summed E-state index contributed by atoms with van der Waals surface area (Å²) in [7, 11) is 0. The van der Waals surface area contributed by atoms with E-state index in [0.717, 1.165) is 53.7 Å². The molecule has 7 aromatic rings. The summed E-state index contributed by atoms with van der Waals surface area (Å²) in [6.45, 7) is -0.0587. The number of hydrogen-bond acceptors (Lipinski definition) is 8. The van der Waals surface area contributed by atoms with Gasteiger partial charge in [-0.2, -0.15) is 18.4 Å². The normalized spacial score (nSPS) is 13.6. The van der Waals surface area contributed by atoms with Crippen molar-refractivity contribution >= 4 is 39.5 Å². The first-order chi connectivity index (χ1) is 27.5. The zero-order valence-corrected chi connectivity index (χ0v) is 30.4. The van der Waals surface area contributed by atoms with Gasteiger partial charge in [0, 0.05) is 58.4 Å². The molecule has 1 aliphatic carbocycles. The number of ketones is 1. The lowest BCUT2D eigenvalue weighted by Crippen LogP contribution is -2.28. The number of primary amides is 1. The van der Waals surface area contributed by atoms with Crippen LogP contribution >= 0.6 is 0 Å². The summed E-state index contributed by atoms with van der Waals surface area (Å²) in [5.74, 6) is -1.24. The maximum Gasteiger partial charge on any atom is 0.454 e. The van der Waals surface area contributed by atoms with Crippen LogP contribution in [0, 0.1) is 0 Å². The Bertz CT molecular complexity index is 2610. The minimum Gasteiger partial charge on any atom is -0.489 e. The number of aromatic amines is 2. The van der Waals surface area contributed by atoms with Crippen molar-refractivity contribution in [1.82, 2.24) is 40.5 Å². The number of hydrogen-bond donors (Lipinski definition) is 4. The highest BCUT2D eigenvalue weighted by Gasteiger charge is 2.40. The molecule has 0 bridgehead atoms. The molecule has 5 N–H and O–H groups in total. The van der Waals surface area contributed by atoms with Crippen LogP contribution in [0.25, 0.3) is 55.8 Å². The maximum atomic E-state index is 13.7. The minimum absolute atomic E-state index is 0.0228. The Balaban J connectivity index is 1.12. The van der Waals surface area contributed by atoms with Crippen LogP contribution in [0.2, 0.25) is 0 Å². The van der Waals surface area contributed by atoms with E-state index in [-0.39, 0.29) is 36.6 Å². The number of benzene rings is 4. The number of Topliss-reactive ketones (excluding diaryl/α,β-unsaturated/α-hetero) is 1. The highest BCUT2D eigenvalue weighted by Crippen LogP contribution is 2.38. The number of carbonyl (C=O) groups is 3. The van der Waals surface area contributed by atoms with E-state index in [1.807, 2.05) is 42.5 Å². The molecule has 2 amide bonds. The fraction of sp³-hybridized carbons (Fsp3) is 0.244. The molecular formula is C41H36F3N9O4. The molecule has 13 nitrogen and oxygen atoms in total. The molecule has 0 spiro atoms. The van der Waals surface area contributed by atoms with Crippen molar-refractivity contribution in [2.24, 2.45) is 5.73 Å². The molecule has 4 aromatic carbocycles. The third kappa shape index (κ3) is 7.70. The molecule has 290 valence electrons. The first-order valence-corrected chi connectivity index (χ1v) is 18.4. The van der Waals surface area contributed by atoms with E-state index in [1.54, 1.807) is 18.2 Å². The van der Waals surface area contributed by atoms with Crippen LogP contribution in [-0.2, 0) is 11.4 Å². The number of amides is 2. The quantitative estimate of drug-likeness (QED) is 0.0921. The van der Waals surface area contributed by atoms with Gasteiger partial charge in [0.15, 0.2) is 0 Å². The number of fused-ring (bicyclic) bond motifs is 2. The first kappa shape index (κ1) is 37.1. The van der Waals surface area contributed by atoms with Crippen LogP contribution in [0.3, 0.4) is 0 Å². The Labute approximate surface area is 322 Å². The van der Waals surface area contributed by atoms with Gasteiger partial charge in [-0.05, 0) is 108 Å². The average molecular weight is 776 g/mol. The van der Waals surface area contributed by atoms with Crippen LogP contribution in [-0.4, -0.2) is 65.5 Å². The topological polar surface area (TPSA) is 187 Å². The van der Waals surface area contributed by atoms with Crippen LogP contribution < -0.4 is 15.8 Å². The zero-order valence-electron chi connectivity index (χ0n) is 30.4. The number of ether oxygens (including phenoxy) is 1. The van der Waals surface area contributed by atoms with E-state index in [0.29, 0.717) is 33.8 Å². The summed E-state index contributed by atoms with van der Waals surface area (Å²) < 4.78 is 49.7. The number of H-pyrrole nitrogens is 2. The second kappa shape index (κ2) is 15.4. The number of alkyl halides is 3. The Morgan fingerprint density at radius 3 is 2.44 bits per heavy atom. The van der Waals surface area contributed by atoms with E-state index >= 15 is 0 Å². The molecule has 0 saturated heterocycles. The zero-order chi connectivity index (χ0) is 39.7. The predicted octanol–water partition coefficient (Wildman–Crippen LogP) is 7.47. The number of nitrogens with zero attached hydrogens (tertiary/aromatic N) is 5. The summed E-state index contributed by atoms with van der Waals surface area (Å²) in [6.07, 6.45) is 1.87. The van der Waals surface area contributed by atoms with Gasteiger partial charge < -0.3 is 25.3 Å². The van der Waals surface area contributed by atoms with Gasteiger partial charge in [0.05, 0.1) is 11.0 Å². The number of halogens is 3. The summed E-state index contributed by atoms with van der Waals surface area (Å²) in [5, 5.41) is 17.2. The Kier molecular flexibility index (Phi) is 10.00. The molecular weight excluding hydrogens is 740 g/mol. The Hall–Kier alpha value is -6.84. The van der Waals surface area contributed by atoms with Gasteiger partial charge >= 0.3 is 6.18 Å². The number of nitrogens with two attached hydrogens (primary N) is 1. The van der Waals surface area contributed by atoms with Crippen LogP contribution in [0.1, 0.15) is 70.8 Å². The smallest absolute Gasteiger partial charge is 0.454 e. The summed E-state index contributed by atoms with van der Waals surface area (Å²) >= 11 is 0. The van der Waals surface area contributed by atoms with E-state index < -0.39 is 29.3 Å². The Morgan fingerprint density at radius 2 is 1.70 bits per heavy atom. The molecule has 8 rings (SSSR count). The van der Waals surface area contributed by atoms with Crippen molar-refractivity contribution in [3.63, 3.8) is 0 Å². The first-order valence-electron chi connectivity index (χ1n) is 18.4. The molecule has 0 aliphatic heterocycles. The molecule has 3 heterocycles. The SMILES string of the molecule is NC(=O)CCNC(=O)c1ccc(-c2cc(C(=O)C(F)(F)F)c3cc[nH]c3c2)c(COc2ccc(-c3nc4cc(-c5nn[nH]n5)ccc4n3C3CCCCC3)cc2)c1. The lowest BCUT2D eigenvalue weighted by Gasteiger charge is -2.25. The van der Waals surface area contributed by atoms with Crippen LogP contribution in [0.5, 0.6) is 5.75 Å². The third-order valence-electron chi connectivity index (χ3n) is 10.2. The third-order valence-corrected chi connectivity index (χ3v) is 10.2. The Morgan fingerprint density at radius 1 is 0.912 bits per heavy atom. The van der Waals surface area contributed by atoms with Crippen molar-refractivity contribution in [3.8, 4) is 39.7 Å². The summed E-state index contributed by atoms with van der Waals surface area (Å²) in [4.78, 5) is 44.8. The van der Waals surface area contributed by atoms with E-state index in [2.05, 4.69) is 35.5 Å². The molecule has 1 saturated carbocycles. The number of carbonyl (C=O) groups excluding carboxylic acids is 3. The average Bonchev–Trinajstić information content (AvgIpc) is 4.00. The lowest BCUT2D eigenvalue weighted by molar-refractivity contribution is -0.117. The fourth-order valence-electron chi connectivity index (χ4n) is 7.50. The number of tetrazole rings is 1. The van der Waals surface area contributed by atoms with Crippen molar-refractivity contribution in [1.29, 1.82) is 0 Å². The largest absolute Gasteiger partial charge is 0.489 e. The monoisotopic (exact) mass is 775 g/mol. The summed E-state index contributed by atoms with van der Waals surface area (Å²) in [6, 6.07) is 22.7. The molecule has 1 fully saturated rings. The predicted molar refractivity (Wildman–Crippen MR) is 205 cm³/mol. The van der Waals surface area contributed by atoms with E-state index in [4.69, 9.17) is 15.5 Å². The molecule has 57 heavy (non-hydrogen) atoms. The van der Waals surface area contributed by atoms with Crippen molar-refractivity contribution in [2.45, 2.75) is 57.3 Å². The van der Waals surface area contributed by atoms with E-state index in [1.165, 1.54) is 30.8 Å². The van der Waals surface area contributed by atoms with Gasteiger partial charge in [0.2, 0.25) is 11.7 Å². The molecule has 0 unspecified atom stereocenters. The van der Waals surface area contributed by atoms with Crippen molar-refractivity contribution < 1.29 is 32.3 Å². The summed E-state index contributed by atoms with van der Waals surface area (Å²) in [5.41, 5.74) is 10.0. The van der Waals surface area contributed by atoms with Gasteiger partial charge in [-0.3, -0.25) is 14.4 Å². The molecule has 3 aromatic heterocycles. The van der Waals surface area contributed by atoms with Gasteiger partial charge in [0.25, 0.3) is 11.7 Å². The van der Waals surface area contributed by atoms with Gasteiger partial charge in [-0.15, -0.1) is 10.2 Å². The number of aromatic nitrogens is 7. The number of imidazole rings is 1. The number of rotatable bonds is 12. The fourth-order valence-corrected chi connectivity index (χ4v) is 7.50. The minimum atomic E-state index is -5.09. The van der Waals surface area contributed by atoms with Crippen molar-refractivity contribution in [2.75, 3.05) is 6.54 Å².